The van der Waals surface area contributed by atoms with Gasteiger partial charge in [0.05, 0.1) is 13.0 Å². The number of carbonyl (C=O) groups is 2. The maximum atomic E-state index is 12.6. The molecule has 0 saturated carbocycles. The lowest BCUT2D eigenvalue weighted by atomic mass is 10.1. The van der Waals surface area contributed by atoms with Crippen molar-refractivity contribution in [3.8, 4) is 0 Å². The van der Waals surface area contributed by atoms with Gasteiger partial charge in [-0.15, -0.1) is 0 Å². The van der Waals surface area contributed by atoms with Crippen molar-refractivity contribution in [1.29, 1.82) is 0 Å². The van der Waals surface area contributed by atoms with Crippen LogP contribution in [0.25, 0.3) is 10.9 Å². The van der Waals surface area contributed by atoms with E-state index in [-0.39, 0.29) is 11.8 Å². The quantitative estimate of drug-likeness (QED) is 0.874. The van der Waals surface area contributed by atoms with E-state index in [1.54, 1.807) is 7.05 Å². The van der Waals surface area contributed by atoms with Crippen LogP contribution in [0, 0.1) is 0 Å². The van der Waals surface area contributed by atoms with Gasteiger partial charge in [0.15, 0.2) is 0 Å². The number of piperazine rings is 1. The molecule has 1 aliphatic rings. The molecule has 0 atom stereocenters. The molecule has 2 aromatic rings. The van der Waals surface area contributed by atoms with Gasteiger partial charge in [-0.05, 0) is 23.8 Å². The van der Waals surface area contributed by atoms with E-state index in [1.807, 2.05) is 29.3 Å². The number of amides is 2. The van der Waals surface area contributed by atoms with Crippen LogP contribution in [0.4, 0.5) is 0 Å². The summed E-state index contributed by atoms with van der Waals surface area (Å²) in [6.07, 6.45) is 2.23. The maximum absolute atomic E-state index is 12.6. The molecule has 24 heavy (non-hydrogen) atoms. The van der Waals surface area contributed by atoms with Gasteiger partial charge in [0.2, 0.25) is 11.8 Å². The summed E-state index contributed by atoms with van der Waals surface area (Å²) in [5, 5.41) is 4.28. The van der Waals surface area contributed by atoms with E-state index in [2.05, 4.69) is 15.2 Å². The Morgan fingerprint density at radius 2 is 2.00 bits per heavy atom. The van der Waals surface area contributed by atoms with Crippen LogP contribution in [0.1, 0.15) is 5.56 Å². The fraction of sp³-hybridized carbons (Fsp3) is 0.412. The van der Waals surface area contributed by atoms with Gasteiger partial charge >= 0.3 is 0 Å². The van der Waals surface area contributed by atoms with Crippen molar-refractivity contribution in [1.82, 2.24) is 20.1 Å². The van der Waals surface area contributed by atoms with Crippen molar-refractivity contribution < 1.29 is 9.59 Å². The van der Waals surface area contributed by atoms with Crippen LogP contribution >= 0.6 is 11.6 Å². The Hall–Kier alpha value is -2.05. The SMILES string of the molecule is CNC(=O)CN1CCN(C(=O)Cc2c[nH]c3ccc(Cl)cc23)CC1. The summed E-state index contributed by atoms with van der Waals surface area (Å²) in [7, 11) is 1.63. The van der Waals surface area contributed by atoms with E-state index in [0.717, 1.165) is 29.6 Å². The first-order chi connectivity index (χ1) is 11.6. The van der Waals surface area contributed by atoms with Crippen LogP contribution < -0.4 is 5.32 Å². The lowest BCUT2D eigenvalue weighted by Crippen LogP contribution is -2.51. The molecule has 128 valence electrons. The summed E-state index contributed by atoms with van der Waals surface area (Å²) in [6, 6.07) is 5.64. The molecule has 2 amide bonds. The summed E-state index contributed by atoms with van der Waals surface area (Å²) < 4.78 is 0. The Labute approximate surface area is 145 Å². The highest BCUT2D eigenvalue weighted by atomic mass is 35.5. The zero-order valence-electron chi connectivity index (χ0n) is 13.6. The second-order valence-corrected chi connectivity index (χ2v) is 6.45. The monoisotopic (exact) mass is 348 g/mol. The number of hydrogen-bond donors (Lipinski definition) is 2. The van der Waals surface area contributed by atoms with Crippen LogP contribution in [0.3, 0.4) is 0 Å². The molecule has 0 unspecified atom stereocenters. The van der Waals surface area contributed by atoms with Gasteiger partial charge in [-0.1, -0.05) is 11.6 Å². The molecule has 1 aromatic heterocycles. The van der Waals surface area contributed by atoms with Crippen molar-refractivity contribution >= 4 is 34.3 Å². The lowest BCUT2D eigenvalue weighted by molar-refractivity contribution is -0.132. The smallest absolute Gasteiger partial charge is 0.233 e. The number of halogens is 1. The second kappa shape index (κ2) is 7.23. The van der Waals surface area contributed by atoms with Crippen molar-refractivity contribution in [2.45, 2.75) is 6.42 Å². The first-order valence-corrected chi connectivity index (χ1v) is 8.41. The molecule has 1 saturated heterocycles. The highest BCUT2D eigenvalue weighted by Gasteiger charge is 2.22. The topological polar surface area (TPSA) is 68.4 Å². The molecule has 0 spiro atoms. The number of H-pyrrole nitrogens is 1. The lowest BCUT2D eigenvalue weighted by Gasteiger charge is -2.34. The van der Waals surface area contributed by atoms with Gasteiger partial charge in [0.25, 0.3) is 0 Å². The number of nitrogens with one attached hydrogen (secondary N) is 2. The van der Waals surface area contributed by atoms with Gasteiger partial charge in [0, 0.05) is 55.3 Å². The number of carbonyl (C=O) groups excluding carboxylic acids is 2. The molecular weight excluding hydrogens is 328 g/mol. The molecule has 1 fully saturated rings. The number of rotatable bonds is 4. The molecule has 2 heterocycles. The van der Waals surface area contributed by atoms with E-state index in [4.69, 9.17) is 11.6 Å². The van der Waals surface area contributed by atoms with Crippen LogP contribution in [-0.4, -0.2) is 66.4 Å². The highest BCUT2D eigenvalue weighted by Crippen LogP contribution is 2.23. The molecule has 0 radical (unpaired) electrons. The standard InChI is InChI=1S/C17H21ClN4O2/c1-19-16(23)11-21-4-6-22(7-5-21)17(24)8-12-10-20-15-3-2-13(18)9-14(12)15/h2-3,9-10,20H,4-8,11H2,1H3,(H,19,23). The average molecular weight is 349 g/mol. The van der Waals surface area contributed by atoms with E-state index in [0.29, 0.717) is 31.1 Å². The molecule has 1 aromatic carbocycles. The third-order valence-electron chi connectivity index (χ3n) is 4.44. The zero-order chi connectivity index (χ0) is 17.1. The average Bonchev–Trinajstić information content (AvgIpc) is 2.97. The molecule has 2 N–H and O–H groups in total. The van der Waals surface area contributed by atoms with Gasteiger partial charge in [-0.3, -0.25) is 14.5 Å². The molecule has 0 aliphatic carbocycles. The summed E-state index contributed by atoms with van der Waals surface area (Å²) >= 11 is 6.05. The summed E-state index contributed by atoms with van der Waals surface area (Å²) in [4.78, 5) is 31.1. The molecule has 1 aliphatic heterocycles. The number of benzene rings is 1. The van der Waals surface area contributed by atoms with E-state index < -0.39 is 0 Å². The fourth-order valence-electron chi connectivity index (χ4n) is 3.01. The van der Waals surface area contributed by atoms with Crippen molar-refractivity contribution in [3.05, 3.63) is 35.0 Å². The third-order valence-corrected chi connectivity index (χ3v) is 4.68. The number of nitrogens with zero attached hydrogens (tertiary/aromatic N) is 2. The molecule has 6 nitrogen and oxygen atoms in total. The van der Waals surface area contributed by atoms with E-state index in [9.17, 15) is 9.59 Å². The maximum Gasteiger partial charge on any atom is 0.233 e. The van der Waals surface area contributed by atoms with Crippen LogP contribution in [0.15, 0.2) is 24.4 Å². The van der Waals surface area contributed by atoms with Gasteiger partial charge in [-0.2, -0.15) is 0 Å². The van der Waals surface area contributed by atoms with E-state index >= 15 is 0 Å². The van der Waals surface area contributed by atoms with Crippen molar-refractivity contribution in [3.63, 3.8) is 0 Å². The predicted octanol–water partition coefficient (Wildman–Crippen LogP) is 1.25. The Morgan fingerprint density at radius 1 is 1.25 bits per heavy atom. The number of aromatic nitrogens is 1. The second-order valence-electron chi connectivity index (χ2n) is 6.01. The van der Waals surface area contributed by atoms with Crippen LogP contribution in [-0.2, 0) is 16.0 Å². The molecular formula is C17H21ClN4O2. The normalized spacial score (nSPS) is 15.7. The summed E-state index contributed by atoms with van der Waals surface area (Å²) in [5.74, 6) is 0.112. The molecule has 7 heteroatoms. The Morgan fingerprint density at radius 3 is 2.71 bits per heavy atom. The first kappa shape index (κ1) is 16.8. The van der Waals surface area contributed by atoms with Gasteiger partial charge in [-0.25, -0.2) is 0 Å². The zero-order valence-corrected chi connectivity index (χ0v) is 14.4. The summed E-state index contributed by atoms with van der Waals surface area (Å²) in [5.41, 5.74) is 1.95. The van der Waals surface area contributed by atoms with Gasteiger partial charge in [0.1, 0.15) is 0 Å². The Balaban J connectivity index is 1.59. The number of fused-ring (bicyclic) bond motifs is 1. The minimum Gasteiger partial charge on any atom is -0.361 e. The number of aromatic amines is 1. The van der Waals surface area contributed by atoms with Crippen molar-refractivity contribution in [2.24, 2.45) is 0 Å². The Bertz CT molecular complexity index is 750. The largest absolute Gasteiger partial charge is 0.361 e. The van der Waals surface area contributed by atoms with E-state index in [1.165, 1.54) is 0 Å². The number of likely N-dealkylation sites (N-methyl/N-ethyl adjacent to an activating group) is 1. The number of hydrogen-bond acceptors (Lipinski definition) is 3. The van der Waals surface area contributed by atoms with Crippen molar-refractivity contribution in [2.75, 3.05) is 39.8 Å². The molecule has 3 rings (SSSR count). The predicted molar refractivity (Wildman–Crippen MR) is 94.1 cm³/mol. The third kappa shape index (κ3) is 3.71. The Kier molecular flexibility index (Phi) is 5.06. The summed E-state index contributed by atoms with van der Waals surface area (Å²) in [6.45, 7) is 3.13. The minimum atomic E-state index is 0.00504. The van der Waals surface area contributed by atoms with Crippen LogP contribution in [0.2, 0.25) is 5.02 Å². The molecule has 0 bridgehead atoms. The highest BCUT2D eigenvalue weighted by molar-refractivity contribution is 6.31. The first-order valence-electron chi connectivity index (χ1n) is 8.03. The minimum absolute atomic E-state index is 0.00504. The van der Waals surface area contributed by atoms with Gasteiger partial charge < -0.3 is 15.2 Å². The fourth-order valence-corrected chi connectivity index (χ4v) is 3.18. The van der Waals surface area contributed by atoms with Crippen LogP contribution in [0.5, 0.6) is 0 Å².